The fourth-order valence-electron chi connectivity index (χ4n) is 3.36. The Balaban J connectivity index is 1.65. The van der Waals surface area contributed by atoms with Crippen LogP contribution in [0.25, 0.3) is 0 Å². The van der Waals surface area contributed by atoms with Crippen molar-refractivity contribution < 1.29 is 9.53 Å². The molecule has 7 nitrogen and oxygen atoms in total. The molecule has 1 N–H and O–H groups in total. The lowest BCUT2D eigenvalue weighted by molar-refractivity contribution is -0.130. The second-order valence-corrected chi connectivity index (χ2v) is 6.50. The number of aromatic nitrogens is 4. The number of amides is 1. The highest BCUT2D eigenvalue weighted by Gasteiger charge is 2.34. The molecule has 0 radical (unpaired) electrons. The van der Waals surface area contributed by atoms with Gasteiger partial charge in [-0.2, -0.15) is 5.21 Å². The van der Waals surface area contributed by atoms with Crippen LogP contribution in [0, 0.1) is 0 Å². The molecule has 0 saturated heterocycles. The molecular formula is C19H19N5O2. The molecule has 0 spiro atoms. The minimum Gasteiger partial charge on any atom is -0.457 e. The number of H-pyrrole nitrogens is 1. The zero-order valence-electron chi connectivity index (χ0n) is 14.6. The highest BCUT2D eigenvalue weighted by atomic mass is 16.5. The maximum Gasteiger partial charge on any atom is 0.234 e. The van der Waals surface area contributed by atoms with Crippen molar-refractivity contribution >= 4 is 5.91 Å². The Kier molecular flexibility index (Phi) is 4.12. The monoisotopic (exact) mass is 349 g/mol. The van der Waals surface area contributed by atoms with E-state index in [0.717, 1.165) is 22.6 Å². The number of para-hydroxylation sites is 2. The van der Waals surface area contributed by atoms with Crippen molar-refractivity contribution in [3.8, 4) is 11.5 Å². The molecule has 1 aromatic heterocycles. The third-order valence-corrected chi connectivity index (χ3v) is 4.65. The Morgan fingerprint density at radius 2 is 1.77 bits per heavy atom. The van der Waals surface area contributed by atoms with Crippen LogP contribution in [-0.2, 0) is 4.79 Å². The average molecular weight is 349 g/mol. The number of aromatic amines is 1. The minimum absolute atomic E-state index is 0.0172. The topological polar surface area (TPSA) is 84.0 Å². The molecule has 2 aromatic carbocycles. The number of hydrogen-bond donors (Lipinski definition) is 1. The normalized spacial score (nSPS) is 14.1. The number of ether oxygens (including phenoxy) is 1. The van der Waals surface area contributed by atoms with Gasteiger partial charge in [0.05, 0.1) is 5.92 Å². The molecule has 1 atom stereocenters. The predicted molar refractivity (Wildman–Crippen MR) is 95.0 cm³/mol. The summed E-state index contributed by atoms with van der Waals surface area (Å²) in [6.07, 6.45) is 0. The van der Waals surface area contributed by atoms with Crippen molar-refractivity contribution in [1.82, 2.24) is 25.5 Å². The summed E-state index contributed by atoms with van der Waals surface area (Å²) in [6.45, 7) is 2.47. The summed E-state index contributed by atoms with van der Waals surface area (Å²) in [5.74, 6) is 1.65. The van der Waals surface area contributed by atoms with Gasteiger partial charge in [0.15, 0.2) is 5.82 Å². The summed E-state index contributed by atoms with van der Waals surface area (Å²) in [5, 5.41) is 14.1. The molecule has 0 saturated carbocycles. The molecule has 0 unspecified atom stereocenters. The standard InChI is InChI=1S/C19H19N5O2/c1-12(18-20-22-23-21-18)11-24(2)19(25)17-13-7-3-5-9-15(13)26-16-10-6-4-8-14(16)17/h3-10,12,17H,11H2,1-2H3,(H,20,21,22,23)/t12-/m1/s1. The van der Waals surface area contributed by atoms with Crippen LogP contribution in [0.4, 0.5) is 0 Å². The number of carbonyl (C=O) groups excluding carboxylic acids is 1. The molecule has 1 amide bonds. The van der Waals surface area contributed by atoms with Gasteiger partial charge < -0.3 is 9.64 Å². The first-order valence-corrected chi connectivity index (χ1v) is 8.49. The first-order valence-electron chi connectivity index (χ1n) is 8.49. The molecule has 1 aliphatic rings. The van der Waals surface area contributed by atoms with Crippen LogP contribution in [0.15, 0.2) is 48.5 Å². The molecule has 26 heavy (non-hydrogen) atoms. The minimum atomic E-state index is -0.390. The maximum absolute atomic E-state index is 13.3. The van der Waals surface area contributed by atoms with Crippen molar-refractivity contribution in [2.45, 2.75) is 18.8 Å². The number of rotatable bonds is 4. The Bertz CT molecular complexity index is 880. The molecule has 3 aromatic rings. The highest BCUT2D eigenvalue weighted by Crippen LogP contribution is 2.44. The Hall–Kier alpha value is -3.22. The average Bonchev–Trinajstić information content (AvgIpc) is 3.20. The van der Waals surface area contributed by atoms with Gasteiger partial charge in [-0.3, -0.25) is 4.79 Å². The molecular weight excluding hydrogens is 330 g/mol. The van der Waals surface area contributed by atoms with E-state index < -0.39 is 5.92 Å². The first-order chi connectivity index (χ1) is 12.6. The Labute approximate surface area is 151 Å². The fourth-order valence-corrected chi connectivity index (χ4v) is 3.36. The molecule has 2 heterocycles. The zero-order chi connectivity index (χ0) is 18.1. The molecule has 132 valence electrons. The summed E-state index contributed by atoms with van der Waals surface area (Å²) in [5.41, 5.74) is 1.77. The van der Waals surface area contributed by atoms with Crippen LogP contribution in [0.3, 0.4) is 0 Å². The smallest absolute Gasteiger partial charge is 0.234 e. The fraction of sp³-hybridized carbons (Fsp3) is 0.263. The van der Waals surface area contributed by atoms with E-state index in [-0.39, 0.29) is 11.8 Å². The number of tetrazole rings is 1. The number of nitrogens with zero attached hydrogens (tertiary/aromatic N) is 4. The third-order valence-electron chi connectivity index (χ3n) is 4.65. The van der Waals surface area contributed by atoms with Gasteiger partial charge in [-0.05, 0) is 12.1 Å². The van der Waals surface area contributed by atoms with Crippen LogP contribution >= 0.6 is 0 Å². The summed E-state index contributed by atoms with van der Waals surface area (Å²) in [7, 11) is 1.81. The van der Waals surface area contributed by atoms with Crippen LogP contribution in [0.1, 0.15) is 35.7 Å². The van der Waals surface area contributed by atoms with E-state index in [0.29, 0.717) is 12.4 Å². The van der Waals surface area contributed by atoms with E-state index in [2.05, 4.69) is 20.6 Å². The van der Waals surface area contributed by atoms with E-state index in [1.165, 1.54) is 0 Å². The SMILES string of the molecule is C[C@H](CN(C)C(=O)C1c2ccccc2Oc2ccccc21)c1nn[nH]n1. The number of carbonyl (C=O) groups is 1. The Morgan fingerprint density at radius 1 is 1.15 bits per heavy atom. The van der Waals surface area contributed by atoms with Gasteiger partial charge in [-0.25, -0.2) is 0 Å². The van der Waals surface area contributed by atoms with E-state index in [1.54, 1.807) is 11.9 Å². The van der Waals surface area contributed by atoms with Gasteiger partial charge in [-0.1, -0.05) is 48.5 Å². The second kappa shape index (κ2) is 6.59. The van der Waals surface area contributed by atoms with Gasteiger partial charge in [0, 0.05) is 30.6 Å². The van der Waals surface area contributed by atoms with E-state index >= 15 is 0 Å². The molecule has 0 bridgehead atoms. The summed E-state index contributed by atoms with van der Waals surface area (Å²) < 4.78 is 5.97. The molecule has 7 heteroatoms. The number of benzene rings is 2. The van der Waals surface area contributed by atoms with E-state index in [1.807, 2.05) is 55.5 Å². The summed E-state index contributed by atoms with van der Waals surface area (Å²) in [6, 6.07) is 15.4. The predicted octanol–water partition coefficient (Wildman–Crippen LogP) is 2.70. The quantitative estimate of drug-likeness (QED) is 0.783. The maximum atomic E-state index is 13.3. The molecule has 0 aliphatic carbocycles. The van der Waals surface area contributed by atoms with Crippen LogP contribution in [-0.4, -0.2) is 45.0 Å². The molecule has 0 fully saturated rings. The van der Waals surface area contributed by atoms with Crippen molar-refractivity contribution in [2.75, 3.05) is 13.6 Å². The van der Waals surface area contributed by atoms with Gasteiger partial charge >= 0.3 is 0 Å². The van der Waals surface area contributed by atoms with Crippen molar-refractivity contribution in [3.05, 3.63) is 65.5 Å². The third kappa shape index (κ3) is 2.81. The van der Waals surface area contributed by atoms with Crippen molar-refractivity contribution in [1.29, 1.82) is 0 Å². The number of nitrogens with one attached hydrogen (secondary N) is 1. The van der Waals surface area contributed by atoms with Crippen molar-refractivity contribution in [3.63, 3.8) is 0 Å². The largest absolute Gasteiger partial charge is 0.457 e. The zero-order valence-corrected chi connectivity index (χ0v) is 14.6. The lowest BCUT2D eigenvalue weighted by atomic mass is 9.86. The summed E-state index contributed by atoms with van der Waals surface area (Å²) in [4.78, 5) is 15.1. The van der Waals surface area contributed by atoms with Crippen LogP contribution < -0.4 is 4.74 Å². The molecule has 4 rings (SSSR count). The van der Waals surface area contributed by atoms with Crippen LogP contribution in [0.5, 0.6) is 11.5 Å². The number of fused-ring (bicyclic) bond motifs is 2. The lowest BCUT2D eigenvalue weighted by Gasteiger charge is -2.31. The highest BCUT2D eigenvalue weighted by molar-refractivity contribution is 5.89. The van der Waals surface area contributed by atoms with Crippen molar-refractivity contribution in [2.24, 2.45) is 0 Å². The summed E-state index contributed by atoms with van der Waals surface area (Å²) >= 11 is 0. The Morgan fingerprint density at radius 3 is 2.35 bits per heavy atom. The lowest BCUT2D eigenvalue weighted by Crippen LogP contribution is -2.36. The second-order valence-electron chi connectivity index (χ2n) is 6.50. The number of hydrogen-bond acceptors (Lipinski definition) is 5. The molecule has 1 aliphatic heterocycles. The van der Waals surface area contributed by atoms with E-state index in [4.69, 9.17) is 4.74 Å². The number of likely N-dealkylation sites (N-methyl/N-ethyl adjacent to an activating group) is 1. The first kappa shape index (κ1) is 16.3. The van der Waals surface area contributed by atoms with E-state index in [9.17, 15) is 4.79 Å². The van der Waals surface area contributed by atoms with Gasteiger partial charge in [0.25, 0.3) is 0 Å². The van der Waals surface area contributed by atoms with Gasteiger partial charge in [-0.15, -0.1) is 10.2 Å². The van der Waals surface area contributed by atoms with Gasteiger partial charge in [0.2, 0.25) is 5.91 Å². The van der Waals surface area contributed by atoms with Crippen LogP contribution in [0.2, 0.25) is 0 Å². The van der Waals surface area contributed by atoms with Gasteiger partial charge in [0.1, 0.15) is 11.5 Å².